The van der Waals surface area contributed by atoms with Crippen LogP contribution in [0.5, 0.6) is 0 Å². The summed E-state index contributed by atoms with van der Waals surface area (Å²) in [5.74, 6) is 0. The molecule has 0 aliphatic carbocycles. The summed E-state index contributed by atoms with van der Waals surface area (Å²) in [5, 5.41) is 1.42. The first-order valence-corrected chi connectivity index (χ1v) is 4.52. The molecule has 0 atom stereocenters. The number of allylic oxidation sites excluding steroid dienone is 1. The molecule has 1 aromatic rings. The SMILES string of the molecule is C=CC=[SiH]c1ccccc1. The van der Waals surface area contributed by atoms with Crippen molar-refractivity contribution in [2.45, 2.75) is 0 Å². The molecule has 1 heteroatoms. The van der Waals surface area contributed by atoms with Gasteiger partial charge in [0.25, 0.3) is 0 Å². The van der Waals surface area contributed by atoms with Crippen LogP contribution in [0.3, 0.4) is 0 Å². The highest BCUT2D eigenvalue weighted by Crippen LogP contribution is 1.78. The molecule has 1 aromatic carbocycles. The Morgan fingerprint density at radius 2 is 1.90 bits per heavy atom. The molecule has 0 saturated carbocycles. The second kappa shape index (κ2) is 3.96. The molecule has 50 valence electrons. The Morgan fingerprint density at radius 1 is 1.20 bits per heavy atom. The van der Waals surface area contributed by atoms with E-state index in [4.69, 9.17) is 0 Å². The van der Waals surface area contributed by atoms with Gasteiger partial charge >= 0.3 is 0 Å². The normalized spacial score (nSPS) is 10.0. The summed E-state index contributed by atoms with van der Waals surface area (Å²) in [7, 11) is 0.303. The van der Waals surface area contributed by atoms with Crippen LogP contribution >= 0.6 is 0 Å². The summed E-state index contributed by atoms with van der Waals surface area (Å²) in [4.78, 5) is 0. The van der Waals surface area contributed by atoms with Crippen molar-refractivity contribution in [3.63, 3.8) is 0 Å². The largest absolute Gasteiger partial charge is 0.0995 e. The van der Waals surface area contributed by atoms with E-state index in [1.807, 2.05) is 12.1 Å². The first-order chi connectivity index (χ1) is 4.93. The fourth-order valence-corrected chi connectivity index (χ4v) is 1.55. The summed E-state index contributed by atoms with van der Waals surface area (Å²) in [5.41, 5.74) is 2.13. The molecular formula is C9H10Si. The molecule has 0 saturated heterocycles. The van der Waals surface area contributed by atoms with Crippen LogP contribution in [0.4, 0.5) is 0 Å². The molecule has 1 rings (SSSR count). The van der Waals surface area contributed by atoms with E-state index in [0.29, 0.717) is 9.13 Å². The van der Waals surface area contributed by atoms with Crippen LogP contribution in [0, 0.1) is 0 Å². The van der Waals surface area contributed by atoms with E-state index in [1.54, 1.807) is 0 Å². The Kier molecular flexibility index (Phi) is 2.83. The third-order valence-corrected chi connectivity index (χ3v) is 2.46. The zero-order valence-corrected chi connectivity index (χ0v) is 6.98. The average molecular weight is 146 g/mol. The van der Waals surface area contributed by atoms with Gasteiger partial charge in [0.2, 0.25) is 0 Å². The molecule has 10 heavy (non-hydrogen) atoms. The van der Waals surface area contributed by atoms with Crippen molar-refractivity contribution in [2.24, 2.45) is 0 Å². The topological polar surface area (TPSA) is 0 Å². The molecule has 0 amide bonds. The Bertz CT molecular complexity index is 224. The molecule has 0 aliphatic heterocycles. The molecule has 0 N–H and O–H groups in total. The molecule has 0 bridgehead atoms. The molecule has 0 nitrogen and oxygen atoms in total. The summed E-state index contributed by atoms with van der Waals surface area (Å²) in [6, 6.07) is 10.5. The van der Waals surface area contributed by atoms with E-state index in [9.17, 15) is 0 Å². The maximum Gasteiger partial charge on any atom is 0.0292 e. The van der Waals surface area contributed by atoms with Gasteiger partial charge in [0.15, 0.2) is 0 Å². The fraction of sp³-hybridized carbons (Fsp3) is 0. The second-order valence-corrected chi connectivity index (χ2v) is 3.39. The van der Waals surface area contributed by atoms with Crippen LogP contribution in [-0.4, -0.2) is 14.8 Å². The Balaban J connectivity index is 2.76. The van der Waals surface area contributed by atoms with Crippen molar-refractivity contribution < 1.29 is 0 Å². The van der Waals surface area contributed by atoms with Gasteiger partial charge in [-0.3, -0.25) is 0 Å². The maximum absolute atomic E-state index is 3.64. The standard InChI is InChI=1S/C9H10Si/c1-2-8-10-9-6-4-3-5-7-9/h2-8,10H,1H2. The Hall–Kier alpha value is -0.953. The highest BCUT2D eigenvalue weighted by molar-refractivity contribution is 6.62. The monoisotopic (exact) mass is 146 g/mol. The molecule has 0 fully saturated rings. The minimum atomic E-state index is 0.303. The average Bonchev–Trinajstić information content (AvgIpc) is 2.03. The summed E-state index contributed by atoms with van der Waals surface area (Å²) < 4.78 is 0. The van der Waals surface area contributed by atoms with Crippen LogP contribution in [0.15, 0.2) is 43.0 Å². The predicted octanol–water partition coefficient (Wildman–Crippen LogP) is 0.737. The minimum Gasteiger partial charge on any atom is -0.0995 e. The molecular weight excluding hydrogens is 136 g/mol. The van der Waals surface area contributed by atoms with E-state index < -0.39 is 0 Å². The van der Waals surface area contributed by atoms with Gasteiger partial charge in [-0.25, -0.2) is 0 Å². The Morgan fingerprint density at radius 3 is 2.50 bits per heavy atom. The van der Waals surface area contributed by atoms with Gasteiger partial charge in [0, 0.05) is 9.13 Å². The van der Waals surface area contributed by atoms with Gasteiger partial charge in [0.1, 0.15) is 0 Å². The molecule has 0 heterocycles. The number of rotatable bonds is 2. The van der Waals surface area contributed by atoms with Crippen LogP contribution < -0.4 is 5.19 Å². The first-order valence-electron chi connectivity index (χ1n) is 3.27. The van der Waals surface area contributed by atoms with E-state index in [-0.39, 0.29) is 0 Å². The fourth-order valence-electron chi connectivity index (χ4n) is 0.743. The van der Waals surface area contributed by atoms with Gasteiger partial charge in [-0.05, 0) is 5.19 Å². The lowest BCUT2D eigenvalue weighted by Gasteiger charge is -1.86. The second-order valence-electron chi connectivity index (χ2n) is 2.01. The van der Waals surface area contributed by atoms with Crippen LogP contribution in [0.1, 0.15) is 0 Å². The van der Waals surface area contributed by atoms with Gasteiger partial charge in [-0.1, -0.05) is 48.7 Å². The number of benzene rings is 1. The zero-order valence-electron chi connectivity index (χ0n) is 5.83. The van der Waals surface area contributed by atoms with E-state index in [1.165, 1.54) is 5.19 Å². The molecule has 0 aromatic heterocycles. The molecule has 0 spiro atoms. The third-order valence-electron chi connectivity index (χ3n) is 1.22. The summed E-state index contributed by atoms with van der Waals surface area (Å²) >= 11 is 0. The number of hydrogen-bond donors (Lipinski definition) is 0. The van der Waals surface area contributed by atoms with Crippen molar-refractivity contribution in [1.29, 1.82) is 0 Å². The van der Waals surface area contributed by atoms with Crippen LogP contribution in [0.25, 0.3) is 0 Å². The van der Waals surface area contributed by atoms with Crippen molar-refractivity contribution in [2.75, 3.05) is 0 Å². The highest BCUT2D eigenvalue weighted by Gasteiger charge is 1.78. The summed E-state index contributed by atoms with van der Waals surface area (Å²) in [6.45, 7) is 3.64. The van der Waals surface area contributed by atoms with E-state index in [0.717, 1.165) is 0 Å². The van der Waals surface area contributed by atoms with Crippen LogP contribution in [-0.2, 0) is 0 Å². The molecule has 0 radical (unpaired) electrons. The zero-order chi connectivity index (χ0) is 7.23. The van der Waals surface area contributed by atoms with Gasteiger partial charge in [0.05, 0.1) is 0 Å². The summed E-state index contributed by atoms with van der Waals surface area (Å²) in [6.07, 6.45) is 1.86. The van der Waals surface area contributed by atoms with E-state index >= 15 is 0 Å². The highest BCUT2D eigenvalue weighted by atomic mass is 28.2. The van der Waals surface area contributed by atoms with Crippen molar-refractivity contribution in [3.8, 4) is 0 Å². The van der Waals surface area contributed by atoms with Gasteiger partial charge < -0.3 is 0 Å². The lowest BCUT2D eigenvalue weighted by molar-refractivity contribution is 1.77. The number of hydrogen-bond acceptors (Lipinski definition) is 0. The lowest BCUT2D eigenvalue weighted by atomic mass is 10.4. The quantitative estimate of drug-likeness (QED) is 0.540. The Labute approximate surface area is 63.7 Å². The van der Waals surface area contributed by atoms with Gasteiger partial charge in [-0.2, -0.15) is 0 Å². The first kappa shape index (κ1) is 7.16. The van der Waals surface area contributed by atoms with Gasteiger partial charge in [-0.15, -0.1) is 0 Å². The van der Waals surface area contributed by atoms with E-state index in [2.05, 4.69) is 36.5 Å². The predicted molar refractivity (Wildman–Crippen MR) is 49.5 cm³/mol. The van der Waals surface area contributed by atoms with Crippen molar-refractivity contribution in [1.82, 2.24) is 0 Å². The lowest BCUT2D eigenvalue weighted by Crippen LogP contribution is -2.06. The minimum absolute atomic E-state index is 0.303. The smallest absolute Gasteiger partial charge is 0.0292 e. The molecule has 0 aliphatic rings. The third kappa shape index (κ3) is 2.11. The van der Waals surface area contributed by atoms with Crippen molar-refractivity contribution in [3.05, 3.63) is 43.0 Å². The molecule has 0 unspecified atom stereocenters. The van der Waals surface area contributed by atoms with Crippen LogP contribution in [0.2, 0.25) is 0 Å². The maximum atomic E-state index is 3.64. The van der Waals surface area contributed by atoms with Crippen molar-refractivity contribution >= 4 is 20.0 Å².